The third-order valence-corrected chi connectivity index (χ3v) is 5.35. The Morgan fingerprint density at radius 3 is 2.43 bits per heavy atom. The number of benzene rings is 2. The summed E-state index contributed by atoms with van der Waals surface area (Å²) in [6, 6.07) is 8.47. The standard InChI is InChI=1S/C21H17NO6/c1-26-18-7-11-10(5-15(18)23)3-4-22-14(11)6-13-12-8-19(27-2)16(24)9-17(12)28-21(25)20(13)22/h5-9,23-24H,3-4H2,1-2H3. The molecule has 3 heterocycles. The van der Waals surface area contributed by atoms with Crippen molar-refractivity contribution in [2.45, 2.75) is 13.0 Å². The molecule has 0 radical (unpaired) electrons. The summed E-state index contributed by atoms with van der Waals surface area (Å²) in [6.07, 6.45) is 0.667. The second-order valence-electron chi connectivity index (χ2n) is 6.78. The molecule has 0 saturated heterocycles. The van der Waals surface area contributed by atoms with Crippen molar-refractivity contribution in [3.8, 4) is 34.3 Å². The van der Waals surface area contributed by atoms with Crippen LogP contribution < -0.4 is 15.1 Å². The molecule has 0 bridgehead atoms. The van der Waals surface area contributed by atoms with Crippen LogP contribution in [0.4, 0.5) is 0 Å². The number of phenols is 2. The van der Waals surface area contributed by atoms with Crippen LogP contribution in [0, 0.1) is 0 Å². The van der Waals surface area contributed by atoms with Gasteiger partial charge in [0.15, 0.2) is 23.0 Å². The van der Waals surface area contributed by atoms with Gasteiger partial charge in [0.2, 0.25) is 0 Å². The lowest BCUT2D eigenvalue weighted by atomic mass is 9.97. The molecule has 0 spiro atoms. The van der Waals surface area contributed by atoms with Gasteiger partial charge >= 0.3 is 5.63 Å². The Morgan fingerprint density at radius 1 is 0.964 bits per heavy atom. The number of fused-ring (bicyclic) bond motifs is 7. The Morgan fingerprint density at radius 2 is 1.68 bits per heavy atom. The number of methoxy groups -OCH3 is 2. The SMILES string of the molecule is COc1cc2c(cc1O)CCn1c-2cc2c3cc(OC)c(O)cc3oc(=O)c21. The molecule has 0 fully saturated rings. The quantitative estimate of drug-likeness (QED) is 0.519. The van der Waals surface area contributed by atoms with Crippen molar-refractivity contribution in [3.63, 3.8) is 0 Å². The molecule has 7 nitrogen and oxygen atoms in total. The van der Waals surface area contributed by atoms with Gasteiger partial charge in [-0.25, -0.2) is 4.79 Å². The van der Waals surface area contributed by atoms with Gasteiger partial charge in [0.05, 0.1) is 14.2 Å². The molecule has 5 rings (SSSR count). The van der Waals surface area contributed by atoms with Gasteiger partial charge in [-0.3, -0.25) is 0 Å². The van der Waals surface area contributed by atoms with Crippen LogP contribution in [0.25, 0.3) is 33.1 Å². The molecular weight excluding hydrogens is 362 g/mol. The maximum Gasteiger partial charge on any atom is 0.361 e. The minimum Gasteiger partial charge on any atom is -0.504 e. The molecular formula is C21H17NO6. The Balaban J connectivity index is 1.89. The molecule has 28 heavy (non-hydrogen) atoms. The van der Waals surface area contributed by atoms with Crippen molar-refractivity contribution in [3.05, 3.63) is 46.3 Å². The van der Waals surface area contributed by atoms with E-state index >= 15 is 0 Å². The first kappa shape index (κ1) is 16.6. The van der Waals surface area contributed by atoms with E-state index < -0.39 is 5.63 Å². The zero-order valence-corrected chi connectivity index (χ0v) is 15.3. The van der Waals surface area contributed by atoms with Crippen molar-refractivity contribution in [2.75, 3.05) is 14.2 Å². The zero-order valence-electron chi connectivity index (χ0n) is 15.3. The predicted octanol–water partition coefficient (Wildman–Crippen LogP) is 3.40. The van der Waals surface area contributed by atoms with Crippen LogP contribution in [0.3, 0.4) is 0 Å². The van der Waals surface area contributed by atoms with E-state index in [2.05, 4.69) is 0 Å². The summed E-state index contributed by atoms with van der Waals surface area (Å²) in [5.74, 6) is 0.683. The van der Waals surface area contributed by atoms with Crippen molar-refractivity contribution < 1.29 is 24.1 Å². The van der Waals surface area contributed by atoms with Crippen LogP contribution >= 0.6 is 0 Å². The number of rotatable bonds is 2. The summed E-state index contributed by atoms with van der Waals surface area (Å²) in [4.78, 5) is 12.7. The first-order chi connectivity index (χ1) is 13.5. The largest absolute Gasteiger partial charge is 0.504 e. The molecule has 142 valence electrons. The number of hydrogen-bond donors (Lipinski definition) is 2. The summed E-state index contributed by atoms with van der Waals surface area (Å²) in [5.41, 5.74) is 3.03. The van der Waals surface area contributed by atoms with E-state index in [0.717, 1.165) is 22.2 Å². The second kappa shape index (κ2) is 5.69. The first-order valence-electron chi connectivity index (χ1n) is 8.79. The van der Waals surface area contributed by atoms with Gasteiger partial charge in [0.25, 0.3) is 0 Å². The lowest BCUT2D eigenvalue weighted by Crippen LogP contribution is -2.14. The van der Waals surface area contributed by atoms with Crippen molar-refractivity contribution in [1.29, 1.82) is 0 Å². The van der Waals surface area contributed by atoms with Crippen LogP contribution in [-0.4, -0.2) is 29.0 Å². The number of nitrogens with zero attached hydrogens (tertiary/aromatic N) is 1. The number of aryl methyl sites for hydroxylation is 2. The predicted molar refractivity (Wildman–Crippen MR) is 104 cm³/mol. The number of aromatic nitrogens is 1. The zero-order chi connectivity index (χ0) is 19.6. The highest BCUT2D eigenvalue weighted by atomic mass is 16.5. The fraction of sp³-hybridized carbons (Fsp3) is 0.190. The van der Waals surface area contributed by atoms with Crippen LogP contribution in [0.15, 0.2) is 39.5 Å². The molecule has 2 N–H and O–H groups in total. The second-order valence-corrected chi connectivity index (χ2v) is 6.78. The van der Waals surface area contributed by atoms with E-state index in [1.54, 1.807) is 18.2 Å². The molecule has 4 aromatic rings. The number of aromatic hydroxyl groups is 2. The average Bonchev–Trinajstić information content (AvgIpc) is 3.07. The van der Waals surface area contributed by atoms with Crippen molar-refractivity contribution in [2.24, 2.45) is 0 Å². The maximum absolute atomic E-state index is 12.7. The monoisotopic (exact) mass is 379 g/mol. The Kier molecular flexibility index (Phi) is 3.37. The molecule has 2 aromatic carbocycles. The average molecular weight is 379 g/mol. The van der Waals surface area contributed by atoms with E-state index in [1.165, 1.54) is 20.3 Å². The first-order valence-corrected chi connectivity index (χ1v) is 8.79. The smallest absolute Gasteiger partial charge is 0.361 e. The highest BCUT2D eigenvalue weighted by Crippen LogP contribution is 2.42. The van der Waals surface area contributed by atoms with Gasteiger partial charge in [0.1, 0.15) is 11.1 Å². The molecule has 0 aliphatic carbocycles. The Hall–Kier alpha value is -3.61. The molecule has 0 unspecified atom stereocenters. The molecule has 0 saturated carbocycles. The van der Waals surface area contributed by atoms with Crippen LogP contribution in [-0.2, 0) is 13.0 Å². The highest BCUT2D eigenvalue weighted by Gasteiger charge is 2.24. The van der Waals surface area contributed by atoms with E-state index in [1.807, 2.05) is 10.6 Å². The number of phenolic OH excluding ortho intramolecular Hbond substituents is 2. The van der Waals surface area contributed by atoms with Gasteiger partial charge < -0.3 is 28.7 Å². The fourth-order valence-electron chi connectivity index (χ4n) is 4.04. The highest BCUT2D eigenvalue weighted by molar-refractivity contribution is 6.07. The summed E-state index contributed by atoms with van der Waals surface area (Å²) in [6.45, 7) is 0.586. The minimum absolute atomic E-state index is 0.0907. The van der Waals surface area contributed by atoms with E-state index in [4.69, 9.17) is 13.9 Å². The van der Waals surface area contributed by atoms with Crippen LogP contribution in [0.5, 0.6) is 23.0 Å². The van der Waals surface area contributed by atoms with Gasteiger partial charge in [-0.2, -0.15) is 0 Å². The lowest BCUT2D eigenvalue weighted by Gasteiger charge is -2.21. The normalized spacial score (nSPS) is 12.8. The Labute approximate surface area is 159 Å². The molecule has 0 amide bonds. The van der Waals surface area contributed by atoms with E-state index in [0.29, 0.717) is 41.0 Å². The number of ether oxygens (including phenoxy) is 2. The molecule has 0 atom stereocenters. The van der Waals surface area contributed by atoms with Gasteiger partial charge in [-0.05, 0) is 36.2 Å². The molecule has 7 heteroatoms. The third-order valence-electron chi connectivity index (χ3n) is 5.35. The van der Waals surface area contributed by atoms with Crippen LogP contribution in [0.1, 0.15) is 5.56 Å². The lowest BCUT2D eigenvalue weighted by molar-refractivity contribution is 0.373. The minimum atomic E-state index is -0.465. The molecule has 1 aliphatic rings. The van der Waals surface area contributed by atoms with Gasteiger partial charge in [-0.15, -0.1) is 0 Å². The summed E-state index contributed by atoms with van der Waals surface area (Å²) in [7, 11) is 2.97. The summed E-state index contributed by atoms with van der Waals surface area (Å²) in [5, 5.41) is 21.5. The summed E-state index contributed by atoms with van der Waals surface area (Å²) >= 11 is 0. The van der Waals surface area contributed by atoms with Crippen molar-refractivity contribution >= 4 is 21.9 Å². The summed E-state index contributed by atoms with van der Waals surface area (Å²) < 4.78 is 17.9. The van der Waals surface area contributed by atoms with Gasteiger partial charge in [0, 0.05) is 34.6 Å². The molecule has 2 aromatic heterocycles. The fourth-order valence-corrected chi connectivity index (χ4v) is 4.04. The maximum atomic E-state index is 12.7. The van der Waals surface area contributed by atoms with Crippen molar-refractivity contribution in [1.82, 2.24) is 4.57 Å². The number of hydrogen-bond acceptors (Lipinski definition) is 6. The van der Waals surface area contributed by atoms with Gasteiger partial charge in [-0.1, -0.05) is 0 Å². The topological polar surface area (TPSA) is 94.1 Å². The molecule has 1 aliphatic heterocycles. The van der Waals surface area contributed by atoms with E-state index in [9.17, 15) is 15.0 Å². The van der Waals surface area contributed by atoms with E-state index in [-0.39, 0.29) is 11.5 Å². The Bertz CT molecular complexity index is 1330. The third kappa shape index (κ3) is 2.13. The van der Waals surface area contributed by atoms with Crippen LogP contribution in [0.2, 0.25) is 0 Å².